The molecule has 3 N–H and O–H groups in total. The Morgan fingerprint density at radius 2 is 2.25 bits per heavy atom. The van der Waals surface area contributed by atoms with Gasteiger partial charge in [-0.25, -0.2) is 0 Å². The van der Waals surface area contributed by atoms with Crippen molar-refractivity contribution in [3.05, 3.63) is 23.4 Å². The lowest BCUT2D eigenvalue weighted by Crippen LogP contribution is -2.07. The van der Waals surface area contributed by atoms with Crippen molar-refractivity contribution in [3.63, 3.8) is 0 Å². The van der Waals surface area contributed by atoms with Crippen LogP contribution in [0.25, 0.3) is 5.82 Å². The van der Waals surface area contributed by atoms with Gasteiger partial charge in [-0.3, -0.25) is 0 Å². The predicted molar refractivity (Wildman–Crippen MR) is 74.2 cm³/mol. The van der Waals surface area contributed by atoms with Gasteiger partial charge in [-0.15, -0.1) is 10.2 Å². The highest BCUT2D eigenvalue weighted by Crippen LogP contribution is 2.30. The highest BCUT2D eigenvalue weighted by Gasteiger charge is 2.23. The number of nitrogens with two attached hydrogens (primary N) is 1. The van der Waals surface area contributed by atoms with Crippen molar-refractivity contribution >= 4 is 11.6 Å². The number of anilines is 2. The highest BCUT2D eigenvalue weighted by atomic mass is 15.4. The molecule has 1 aliphatic carbocycles. The van der Waals surface area contributed by atoms with E-state index in [1.165, 1.54) is 17.5 Å². The summed E-state index contributed by atoms with van der Waals surface area (Å²) >= 11 is 0. The molecule has 7 heteroatoms. The third-order valence-corrected chi connectivity index (χ3v) is 3.29. The van der Waals surface area contributed by atoms with Crippen molar-refractivity contribution in [2.24, 2.45) is 5.92 Å². The summed E-state index contributed by atoms with van der Waals surface area (Å²) in [5.74, 6) is 1.99. The van der Waals surface area contributed by atoms with E-state index in [0.29, 0.717) is 23.1 Å². The number of hydrogen-bond acceptors (Lipinski definition) is 6. The van der Waals surface area contributed by atoms with Gasteiger partial charge < -0.3 is 11.1 Å². The fourth-order valence-corrected chi connectivity index (χ4v) is 1.91. The number of nitriles is 1. The molecule has 1 saturated carbocycles. The molecule has 0 aromatic carbocycles. The van der Waals surface area contributed by atoms with E-state index in [1.54, 1.807) is 6.07 Å². The van der Waals surface area contributed by atoms with Crippen molar-refractivity contribution in [2.75, 3.05) is 17.6 Å². The van der Waals surface area contributed by atoms with E-state index in [2.05, 4.69) is 26.7 Å². The average molecular weight is 269 g/mol. The maximum Gasteiger partial charge on any atom is 0.178 e. The molecule has 0 bridgehead atoms. The van der Waals surface area contributed by atoms with Crippen molar-refractivity contribution in [3.8, 4) is 11.9 Å². The van der Waals surface area contributed by atoms with Crippen LogP contribution in [0.4, 0.5) is 11.6 Å². The molecule has 0 saturated heterocycles. The highest BCUT2D eigenvalue weighted by molar-refractivity contribution is 5.65. The molecule has 1 fully saturated rings. The first-order chi connectivity index (χ1) is 9.69. The molecule has 102 valence electrons. The van der Waals surface area contributed by atoms with Gasteiger partial charge in [0.2, 0.25) is 0 Å². The lowest BCUT2D eigenvalue weighted by atomic mass is 10.3. The molecule has 0 amide bonds. The second-order valence-corrected chi connectivity index (χ2v) is 4.99. The van der Waals surface area contributed by atoms with E-state index in [9.17, 15) is 5.26 Å². The van der Waals surface area contributed by atoms with Gasteiger partial charge in [-0.05, 0) is 37.8 Å². The minimum Gasteiger partial charge on any atom is -0.382 e. The average Bonchev–Trinajstić information content (AvgIpc) is 3.22. The summed E-state index contributed by atoms with van der Waals surface area (Å²) in [6, 6.07) is 5.69. The Morgan fingerprint density at radius 1 is 1.45 bits per heavy atom. The molecule has 0 aliphatic heterocycles. The number of rotatable bonds is 4. The standard InChI is InChI=1S/C13H15N7/c1-8-2-5-11(18-17-8)20-12(15)10(6-14)13(19-20)16-7-9-3-4-9/h2,5,9H,3-4,7,15H2,1H3,(H,16,19). The first kappa shape index (κ1) is 12.4. The van der Waals surface area contributed by atoms with Crippen LogP contribution in [-0.4, -0.2) is 26.5 Å². The number of aromatic nitrogens is 4. The first-order valence-electron chi connectivity index (χ1n) is 6.52. The molecule has 0 unspecified atom stereocenters. The van der Waals surface area contributed by atoms with Gasteiger partial charge in [0.05, 0.1) is 5.69 Å². The monoisotopic (exact) mass is 269 g/mol. The number of hydrogen-bond donors (Lipinski definition) is 2. The third-order valence-electron chi connectivity index (χ3n) is 3.29. The fraction of sp³-hybridized carbons (Fsp3) is 0.385. The predicted octanol–water partition coefficient (Wildman–Crippen LogP) is 1.25. The maximum absolute atomic E-state index is 9.23. The molecule has 2 aromatic rings. The van der Waals surface area contributed by atoms with Crippen molar-refractivity contribution in [1.29, 1.82) is 5.26 Å². The summed E-state index contributed by atoms with van der Waals surface area (Å²) in [4.78, 5) is 0. The topological polar surface area (TPSA) is 105 Å². The summed E-state index contributed by atoms with van der Waals surface area (Å²) in [7, 11) is 0. The van der Waals surface area contributed by atoms with Crippen LogP contribution in [0.5, 0.6) is 0 Å². The summed E-state index contributed by atoms with van der Waals surface area (Å²) in [6.45, 7) is 2.68. The Bertz CT molecular complexity index is 661. The Hall–Kier alpha value is -2.62. The van der Waals surface area contributed by atoms with Gasteiger partial charge in [-0.2, -0.15) is 15.0 Å². The SMILES string of the molecule is Cc1ccc(-n2nc(NCC3CC3)c(C#N)c2N)nn1. The quantitative estimate of drug-likeness (QED) is 0.865. The van der Waals surface area contributed by atoms with Crippen LogP contribution in [0.15, 0.2) is 12.1 Å². The Labute approximate surface area is 116 Å². The smallest absolute Gasteiger partial charge is 0.178 e. The van der Waals surface area contributed by atoms with Crippen molar-refractivity contribution in [2.45, 2.75) is 19.8 Å². The van der Waals surface area contributed by atoms with Crippen LogP contribution >= 0.6 is 0 Å². The molecular formula is C13H15N7. The molecule has 2 aromatic heterocycles. The molecule has 3 rings (SSSR count). The number of aryl methyl sites for hydroxylation is 1. The summed E-state index contributed by atoms with van der Waals surface area (Å²) in [5, 5.41) is 24.8. The second kappa shape index (κ2) is 4.81. The normalized spacial score (nSPS) is 14.0. The Morgan fingerprint density at radius 3 is 2.85 bits per heavy atom. The maximum atomic E-state index is 9.23. The second-order valence-electron chi connectivity index (χ2n) is 4.99. The number of nitrogens with one attached hydrogen (secondary N) is 1. The van der Waals surface area contributed by atoms with Gasteiger partial charge in [0.25, 0.3) is 0 Å². The molecule has 20 heavy (non-hydrogen) atoms. The zero-order valence-electron chi connectivity index (χ0n) is 11.2. The van der Waals surface area contributed by atoms with E-state index >= 15 is 0 Å². The molecular weight excluding hydrogens is 254 g/mol. The minimum absolute atomic E-state index is 0.281. The third kappa shape index (κ3) is 2.28. The largest absolute Gasteiger partial charge is 0.382 e. The van der Waals surface area contributed by atoms with E-state index < -0.39 is 0 Å². The van der Waals surface area contributed by atoms with Crippen LogP contribution in [0.1, 0.15) is 24.1 Å². The number of nitrogens with zero attached hydrogens (tertiary/aromatic N) is 5. The first-order valence-corrected chi connectivity index (χ1v) is 6.52. The molecule has 7 nitrogen and oxygen atoms in total. The van der Waals surface area contributed by atoms with Crippen LogP contribution in [0.2, 0.25) is 0 Å². The Kier molecular flexibility index (Phi) is 2.99. The zero-order chi connectivity index (χ0) is 14.1. The van der Waals surface area contributed by atoms with Crippen LogP contribution < -0.4 is 11.1 Å². The van der Waals surface area contributed by atoms with Gasteiger partial charge in [-0.1, -0.05) is 0 Å². The van der Waals surface area contributed by atoms with Crippen LogP contribution in [0.3, 0.4) is 0 Å². The van der Waals surface area contributed by atoms with Crippen LogP contribution in [0, 0.1) is 24.2 Å². The van der Waals surface area contributed by atoms with E-state index in [0.717, 1.165) is 12.2 Å². The molecule has 2 heterocycles. The van der Waals surface area contributed by atoms with Crippen molar-refractivity contribution < 1.29 is 0 Å². The molecule has 0 radical (unpaired) electrons. The fourth-order valence-electron chi connectivity index (χ4n) is 1.91. The lowest BCUT2D eigenvalue weighted by molar-refractivity contribution is 0.807. The summed E-state index contributed by atoms with van der Waals surface area (Å²) < 4.78 is 1.44. The van der Waals surface area contributed by atoms with E-state index in [4.69, 9.17) is 5.73 Å². The van der Waals surface area contributed by atoms with Crippen LogP contribution in [-0.2, 0) is 0 Å². The Balaban J connectivity index is 1.94. The van der Waals surface area contributed by atoms with Gasteiger partial charge in [0, 0.05) is 6.54 Å². The van der Waals surface area contributed by atoms with Gasteiger partial charge in [0.15, 0.2) is 11.6 Å². The molecule has 0 spiro atoms. The molecule has 1 aliphatic rings. The summed E-state index contributed by atoms with van der Waals surface area (Å²) in [5.41, 5.74) is 7.14. The van der Waals surface area contributed by atoms with Crippen molar-refractivity contribution in [1.82, 2.24) is 20.0 Å². The summed E-state index contributed by atoms with van der Waals surface area (Å²) in [6.07, 6.45) is 2.46. The minimum atomic E-state index is 0.281. The lowest BCUT2D eigenvalue weighted by Gasteiger charge is -2.01. The van der Waals surface area contributed by atoms with Gasteiger partial charge in [0.1, 0.15) is 17.5 Å². The van der Waals surface area contributed by atoms with E-state index in [-0.39, 0.29) is 5.82 Å². The van der Waals surface area contributed by atoms with Gasteiger partial charge >= 0.3 is 0 Å². The number of nitrogen functional groups attached to an aromatic ring is 1. The molecule has 0 atom stereocenters. The zero-order valence-corrected chi connectivity index (χ0v) is 11.2. The van der Waals surface area contributed by atoms with E-state index in [1.807, 2.05) is 13.0 Å².